The zero-order valence-corrected chi connectivity index (χ0v) is 23.9. The van der Waals surface area contributed by atoms with Gasteiger partial charge in [0.2, 0.25) is 0 Å². The van der Waals surface area contributed by atoms with E-state index in [1.54, 1.807) is 18.2 Å². The largest absolute Gasteiger partial charge is 0.497 e. The maximum atomic E-state index is 13.8. The lowest BCUT2D eigenvalue weighted by Crippen LogP contribution is -2.67. The van der Waals surface area contributed by atoms with E-state index in [9.17, 15) is 14.4 Å². The predicted octanol–water partition coefficient (Wildman–Crippen LogP) is 7.38. The van der Waals surface area contributed by atoms with Crippen molar-refractivity contribution in [3.05, 3.63) is 83.2 Å². The molecule has 2 heterocycles. The van der Waals surface area contributed by atoms with Crippen LogP contribution in [0.4, 0.5) is 5.69 Å². The molecule has 0 bridgehead atoms. The Bertz CT molecular complexity index is 1490. The first kappa shape index (κ1) is 27.2. The molecule has 2 aliphatic rings. The van der Waals surface area contributed by atoms with Crippen LogP contribution >= 0.6 is 69.6 Å². The molecule has 3 amide bonds. The van der Waals surface area contributed by atoms with Crippen molar-refractivity contribution in [2.24, 2.45) is 0 Å². The molecular weight excluding hydrogens is 621 g/mol. The number of nitrogens with zero attached hydrogens (tertiary/aromatic N) is 2. The first-order valence-electron chi connectivity index (χ1n) is 10.8. The molecule has 196 valence electrons. The molecule has 0 saturated carbocycles. The molecule has 0 radical (unpaired) electrons. The summed E-state index contributed by atoms with van der Waals surface area (Å²) < 4.78 is 10.9. The highest BCUT2D eigenvalue weighted by atomic mass is 35.5. The molecule has 0 aliphatic carbocycles. The zero-order chi connectivity index (χ0) is 27.6. The maximum absolute atomic E-state index is 13.8. The first-order valence-corrected chi connectivity index (χ1v) is 13.0. The van der Waals surface area contributed by atoms with Crippen molar-refractivity contribution in [1.82, 2.24) is 4.90 Å². The number of anilines is 1. The Morgan fingerprint density at radius 3 is 1.71 bits per heavy atom. The molecule has 0 unspecified atom stereocenters. The van der Waals surface area contributed by atoms with Gasteiger partial charge in [-0.3, -0.25) is 19.3 Å². The Morgan fingerprint density at radius 1 is 0.658 bits per heavy atom. The highest BCUT2D eigenvalue weighted by Crippen LogP contribution is 2.51. The van der Waals surface area contributed by atoms with Crippen LogP contribution in [-0.4, -0.2) is 42.9 Å². The summed E-state index contributed by atoms with van der Waals surface area (Å²) in [5.74, 6) is -1.44. The van der Waals surface area contributed by atoms with Crippen molar-refractivity contribution in [3.8, 4) is 11.5 Å². The Hall–Kier alpha value is -2.39. The van der Waals surface area contributed by atoms with E-state index in [4.69, 9.17) is 79.1 Å². The van der Waals surface area contributed by atoms with Gasteiger partial charge < -0.3 is 14.4 Å². The number of fused-ring (bicyclic) bond motifs is 1. The smallest absolute Gasteiger partial charge is 0.264 e. The number of carbonyl (C=O) groups excluding carboxylic acids is 3. The second kappa shape index (κ2) is 9.97. The molecule has 3 aromatic rings. The van der Waals surface area contributed by atoms with Crippen LogP contribution in [0.15, 0.2) is 36.4 Å². The number of benzene rings is 3. The average Bonchev–Trinajstić information content (AvgIpc) is 3.13. The van der Waals surface area contributed by atoms with Crippen LogP contribution in [0.1, 0.15) is 32.3 Å². The third-order valence-corrected chi connectivity index (χ3v) is 8.60. The van der Waals surface area contributed by atoms with Crippen LogP contribution in [0.25, 0.3) is 0 Å². The molecule has 0 N–H and O–H groups in total. The van der Waals surface area contributed by atoms with Gasteiger partial charge in [-0.1, -0.05) is 69.6 Å². The quantitative estimate of drug-likeness (QED) is 0.127. The van der Waals surface area contributed by atoms with E-state index in [1.165, 1.54) is 37.3 Å². The van der Waals surface area contributed by atoms with Crippen molar-refractivity contribution in [2.45, 2.75) is 12.1 Å². The first-order chi connectivity index (χ1) is 18.0. The van der Waals surface area contributed by atoms with Gasteiger partial charge in [-0.15, -0.1) is 0 Å². The molecule has 2 atom stereocenters. The molecule has 1 saturated heterocycles. The number of hydrogen-bond acceptors (Lipinski definition) is 5. The maximum Gasteiger partial charge on any atom is 0.264 e. The number of carbonyl (C=O) groups is 3. The lowest BCUT2D eigenvalue weighted by Gasteiger charge is -2.50. The molecule has 3 aromatic carbocycles. The third kappa shape index (κ3) is 3.99. The Kier molecular flexibility index (Phi) is 7.14. The monoisotopic (exact) mass is 632 g/mol. The Labute approximate surface area is 246 Å². The lowest BCUT2D eigenvalue weighted by atomic mass is 9.85. The highest BCUT2D eigenvalue weighted by Gasteiger charge is 2.59. The normalized spacial score (nSPS) is 18.6. The van der Waals surface area contributed by atoms with Gasteiger partial charge in [0.1, 0.15) is 17.5 Å². The number of amides is 3. The van der Waals surface area contributed by atoms with Gasteiger partial charge in [-0.25, -0.2) is 0 Å². The minimum absolute atomic E-state index is 0.179. The standard InChI is InChI=1S/C25H14Cl6N2O5/c1-37-12-3-4-14(38-2)13(8-12)21-22(25(36)32(21)11-6-9(26)5-10(27)7-11)33-23(34)15-16(24(33)35)18(29)20(31)19(30)17(15)28/h3-8,21-22H,1-2H3/t21-,22+/m1/s1. The van der Waals surface area contributed by atoms with Crippen LogP contribution in [0.2, 0.25) is 30.1 Å². The molecule has 1 fully saturated rings. The van der Waals surface area contributed by atoms with E-state index in [1.807, 2.05) is 0 Å². The number of halogens is 6. The summed E-state index contributed by atoms with van der Waals surface area (Å²) in [6.07, 6.45) is 0. The minimum atomic E-state index is -1.31. The van der Waals surface area contributed by atoms with Gasteiger partial charge in [0.25, 0.3) is 17.7 Å². The number of imide groups is 1. The molecule has 0 spiro atoms. The molecule has 13 heteroatoms. The molecule has 2 aliphatic heterocycles. The summed E-state index contributed by atoms with van der Waals surface area (Å²) in [6, 6.07) is 7.31. The zero-order valence-electron chi connectivity index (χ0n) is 19.3. The predicted molar refractivity (Wildman–Crippen MR) is 147 cm³/mol. The second-order valence-electron chi connectivity index (χ2n) is 8.32. The molecular formula is C25H14Cl6N2O5. The number of hydrogen-bond donors (Lipinski definition) is 0. The second-order valence-corrected chi connectivity index (χ2v) is 10.7. The third-order valence-electron chi connectivity index (χ3n) is 6.36. The fraction of sp³-hybridized carbons (Fsp3) is 0.160. The SMILES string of the molecule is COc1ccc(OC)c([C@@H]2[C@H](N3C(=O)c4c(Cl)c(Cl)c(Cl)c(Cl)c4C3=O)C(=O)N2c2cc(Cl)cc(Cl)c2)c1. The molecule has 5 rings (SSSR count). The van der Waals surface area contributed by atoms with Gasteiger partial charge in [0, 0.05) is 21.3 Å². The van der Waals surface area contributed by atoms with Crippen molar-refractivity contribution in [1.29, 1.82) is 0 Å². The van der Waals surface area contributed by atoms with E-state index in [-0.39, 0.29) is 41.3 Å². The Balaban J connectivity index is 1.70. The summed E-state index contributed by atoms with van der Waals surface area (Å²) in [7, 11) is 2.93. The van der Waals surface area contributed by atoms with Crippen molar-refractivity contribution >= 4 is 93.0 Å². The van der Waals surface area contributed by atoms with Crippen molar-refractivity contribution < 1.29 is 23.9 Å². The number of methoxy groups -OCH3 is 2. The van der Waals surface area contributed by atoms with Crippen LogP contribution in [0.5, 0.6) is 11.5 Å². The number of β-lactam (4-membered cyclic amide) rings is 1. The average molecular weight is 635 g/mol. The van der Waals surface area contributed by atoms with Gasteiger partial charge in [-0.2, -0.15) is 0 Å². The van der Waals surface area contributed by atoms with Crippen LogP contribution in [0, 0.1) is 0 Å². The van der Waals surface area contributed by atoms with Gasteiger partial charge in [0.15, 0.2) is 0 Å². The van der Waals surface area contributed by atoms with Crippen LogP contribution in [-0.2, 0) is 4.79 Å². The van der Waals surface area contributed by atoms with Gasteiger partial charge in [0.05, 0.1) is 51.5 Å². The number of ether oxygens (including phenoxy) is 2. The molecule has 38 heavy (non-hydrogen) atoms. The Morgan fingerprint density at radius 2 is 1.21 bits per heavy atom. The summed E-state index contributed by atoms with van der Waals surface area (Å²) >= 11 is 37.4. The summed E-state index contributed by atoms with van der Waals surface area (Å²) in [5, 5.41) is -0.273. The van der Waals surface area contributed by atoms with E-state index < -0.39 is 29.8 Å². The fourth-order valence-electron chi connectivity index (χ4n) is 4.69. The van der Waals surface area contributed by atoms with Gasteiger partial charge >= 0.3 is 0 Å². The molecule has 0 aromatic heterocycles. The molecule has 7 nitrogen and oxygen atoms in total. The van der Waals surface area contributed by atoms with Crippen molar-refractivity contribution in [2.75, 3.05) is 19.1 Å². The van der Waals surface area contributed by atoms with E-state index in [2.05, 4.69) is 0 Å². The fourth-order valence-corrected chi connectivity index (χ4v) is 6.22. The van der Waals surface area contributed by atoms with E-state index in [0.717, 1.165) is 4.90 Å². The van der Waals surface area contributed by atoms with Crippen LogP contribution in [0.3, 0.4) is 0 Å². The minimum Gasteiger partial charge on any atom is -0.497 e. The topological polar surface area (TPSA) is 76.1 Å². The van der Waals surface area contributed by atoms with Crippen molar-refractivity contribution in [3.63, 3.8) is 0 Å². The highest BCUT2D eigenvalue weighted by molar-refractivity contribution is 6.55. The summed E-state index contributed by atoms with van der Waals surface area (Å²) in [4.78, 5) is 43.2. The van der Waals surface area contributed by atoms with Gasteiger partial charge in [-0.05, 0) is 36.4 Å². The van der Waals surface area contributed by atoms with E-state index >= 15 is 0 Å². The van der Waals surface area contributed by atoms with E-state index in [0.29, 0.717) is 22.7 Å². The van der Waals surface area contributed by atoms with Crippen LogP contribution < -0.4 is 14.4 Å². The number of rotatable bonds is 5. The lowest BCUT2D eigenvalue weighted by molar-refractivity contribution is -0.130. The summed E-state index contributed by atoms with van der Waals surface area (Å²) in [5.41, 5.74) is 0.337. The summed E-state index contributed by atoms with van der Waals surface area (Å²) in [6.45, 7) is 0.